The minimum Gasteiger partial charge on any atom is -0.478 e. The predicted octanol–water partition coefficient (Wildman–Crippen LogP) is -0.132. The van der Waals surface area contributed by atoms with Crippen LogP contribution in [0.25, 0.3) is 0 Å². The lowest BCUT2D eigenvalue weighted by atomic mass is 10.1. The fourth-order valence-electron chi connectivity index (χ4n) is 1.51. The number of nitriles is 1. The molecule has 0 aromatic rings. The van der Waals surface area contributed by atoms with Crippen LogP contribution in [0.4, 0.5) is 4.79 Å². The highest BCUT2D eigenvalue weighted by atomic mass is 16.5. The lowest BCUT2D eigenvalue weighted by Gasteiger charge is -2.29. The fraction of sp³-hybridized carbons (Fsp3) is 0.500. The number of carboxylic acids is 1. The highest BCUT2D eigenvalue weighted by Gasteiger charge is 2.25. The molecule has 1 aliphatic rings. The number of hydrogen-bond donors (Lipinski definition) is 2. The number of imide groups is 1. The Morgan fingerprint density at radius 1 is 1.35 bits per heavy atom. The van der Waals surface area contributed by atoms with E-state index in [1.54, 1.807) is 0 Å². The van der Waals surface area contributed by atoms with Crippen molar-refractivity contribution >= 4 is 17.9 Å². The molecule has 2 N–H and O–H groups in total. The minimum atomic E-state index is -1.22. The first-order valence-electron chi connectivity index (χ1n) is 5.89. The molecule has 0 saturated carbocycles. The molecule has 1 aliphatic heterocycles. The minimum absolute atomic E-state index is 0.0454. The molecule has 0 aromatic heterocycles. The number of morpholine rings is 1. The van der Waals surface area contributed by atoms with Gasteiger partial charge in [0.1, 0.15) is 0 Å². The summed E-state index contributed by atoms with van der Waals surface area (Å²) in [5.41, 5.74) is -0.178. The Labute approximate surface area is 115 Å². The maximum atomic E-state index is 11.8. The Morgan fingerprint density at radius 2 is 2.00 bits per heavy atom. The Kier molecular flexibility index (Phi) is 5.23. The van der Waals surface area contributed by atoms with Crippen molar-refractivity contribution < 1.29 is 24.2 Å². The van der Waals surface area contributed by atoms with Crippen LogP contribution in [0.15, 0.2) is 11.1 Å². The number of hydrogen-bond acceptors (Lipinski definition) is 5. The number of carboxylic acid groups (broad SMARTS) is 1. The standard InChI is InChI=1S/C12H15N3O5/c1-7(8(2)11(17)18)10(16)14-12(19)15-3-4-20-9(5-13)6-15/h9H,3-4,6H2,1-2H3,(H,17,18)(H,14,16,19). The van der Waals surface area contributed by atoms with E-state index in [4.69, 9.17) is 15.1 Å². The lowest BCUT2D eigenvalue weighted by molar-refractivity contribution is -0.133. The summed E-state index contributed by atoms with van der Waals surface area (Å²) in [6.07, 6.45) is -0.720. The first kappa shape index (κ1) is 15.7. The zero-order chi connectivity index (χ0) is 15.3. The van der Waals surface area contributed by atoms with Crippen molar-refractivity contribution in [2.24, 2.45) is 0 Å². The molecule has 0 aliphatic carbocycles. The number of carbonyl (C=O) groups excluding carboxylic acids is 2. The van der Waals surface area contributed by atoms with Gasteiger partial charge in [0.25, 0.3) is 5.91 Å². The average Bonchev–Trinajstić information content (AvgIpc) is 2.45. The van der Waals surface area contributed by atoms with Gasteiger partial charge in [-0.1, -0.05) is 0 Å². The molecule has 1 heterocycles. The van der Waals surface area contributed by atoms with Crippen molar-refractivity contribution in [3.05, 3.63) is 11.1 Å². The number of amides is 3. The van der Waals surface area contributed by atoms with Crippen molar-refractivity contribution in [3.63, 3.8) is 0 Å². The molecule has 0 bridgehead atoms. The molecular formula is C12H15N3O5. The molecule has 1 fully saturated rings. The zero-order valence-corrected chi connectivity index (χ0v) is 11.2. The van der Waals surface area contributed by atoms with Crippen LogP contribution in [-0.2, 0) is 14.3 Å². The molecule has 0 aromatic carbocycles. The third kappa shape index (κ3) is 3.80. The largest absolute Gasteiger partial charge is 0.478 e. The third-order valence-corrected chi connectivity index (χ3v) is 2.94. The van der Waals surface area contributed by atoms with Crippen LogP contribution in [0.5, 0.6) is 0 Å². The number of ether oxygens (including phenoxy) is 1. The Bertz CT molecular complexity index is 506. The van der Waals surface area contributed by atoms with Crippen LogP contribution in [0.1, 0.15) is 13.8 Å². The Morgan fingerprint density at radius 3 is 2.55 bits per heavy atom. The van der Waals surface area contributed by atoms with Crippen LogP contribution >= 0.6 is 0 Å². The smallest absolute Gasteiger partial charge is 0.331 e. The van der Waals surface area contributed by atoms with E-state index < -0.39 is 24.0 Å². The van der Waals surface area contributed by atoms with Gasteiger partial charge in [0, 0.05) is 17.7 Å². The van der Waals surface area contributed by atoms with E-state index in [-0.39, 0.29) is 30.8 Å². The van der Waals surface area contributed by atoms with Crippen molar-refractivity contribution in [1.29, 1.82) is 5.26 Å². The summed E-state index contributed by atoms with van der Waals surface area (Å²) >= 11 is 0. The van der Waals surface area contributed by atoms with Crippen LogP contribution in [-0.4, -0.2) is 53.7 Å². The average molecular weight is 281 g/mol. The maximum absolute atomic E-state index is 11.8. The molecular weight excluding hydrogens is 266 g/mol. The first-order valence-corrected chi connectivity index (χ1v) is 5.89. The van der Waals surface area contributed by atoms with E-state index in [1.165, 1.54) is 18.7 Å². The number of carbonyl (C=O) groups is 3. The van der Waals surface area contributed by atoms with E-state index in [9.17, 15) is 14.4 Å². The molecule has 1 atom stereocenters. The Balaban J connectivity index is 2.67. The van der Waals surface area contributed by atoms with Gasteiger partial charge in [0.15, 0.2) is 6.10 Å². The Hall–Kier alpha value is -2.40. The second-order valence-corrected chi connectivity index (χ2v) is 4.25. The first-order chi connectivity index (χ1) is 9.36. The van der Waals surface area contributed by atoms with E-state index in [1.807, 2.05) is 6.07 Å². The summed E-state index contributed by atoms with van der Waals surface area (Å²) in [7, 11) is 0. The van der Waals surface area contributed by atoms with Crippen LogP contribution in [0.3, 0.4) is 0 Å². The van der Waals surface area contributed by atoms with Crippen molar-refractivity contribution in [2.75, 3.05) is 19.7 Å². The second kappa shape index (κ2) is 6.68. The van der Waals surface area contributed by atoms with Gasteiger partial charge < -0.3 is 14.7 Å². The van der Waals surface area contributed by atoms with Gasteiger partial charge in [0.2, 0.25) is 0 Å². The number of urea groups is 1. The summed E-state index contributed by atoms with van der Waals surface area (Å²) in [5, 5.41) is 19.6. The summed E-state index contributed by atoms with van der Waals surface area (Å²) < 4.78 is 5.07. The maximum Gasteiger partial charge on any atom is 0.331 e. The van der Waals surface area contributed by atoms with E-state index in [0.717, 1.165) is 0 Å². The number of rotatable bonds is 2. The molecule has 1 saturated heterocycles. The molecule has 0 radical (unpaired) electrons. The number of nitrogens with zero attached hydrogens (tertiary/aromatic N) is 2. The van der Waals surface area contributed by atoms with Gasteiger partial charge in [-0.2, -0.15) is 5.26 Å². The van der Waals surface area contributed by atoms with E-state index in [0.29, 0.717) is 0 Å². The van der Waals surface area contributed by atoms with Gasteiger partial charge >= 0.3 is 12.0 Å². The van der Waals surface area contributed by atoms with Crippen molar-refractivity contribution in [2.45, 2.75) is 20.0 Å². The SMILES string of the molecule is CC(C(=O)O)=C(C)C(=O)NC(=O)N1CCOC(C#N)C1. The molecule has 1 rings (SSSR count). The quantitative estimate of drug-likeness (QED) is 0.680. The predicted molar refractivity (Wildman–Crippen MR) is 66.5 cm³/mol. The second-order valence-electron chi connectivity index (χ2n) is 4.25. The van der Waals surface area contributed by atoms with Crippen LogP contribution < -0.4 is 5.32 Å². The lowest BCUT2D eigenvalue weighted by Crippen LogP contribution is -2.50. The number of aliphatic carboxylic acids is 1. The van der Waals surface area contributed by atoms with Crippen molar-refractivity contribution in [1.82, 2.24) is 10.2 Å². The normalized spacial score (nSPS) is 19.6. The number of nitrogens with one attached hydrogen (secondary N) is 1. The molecule has 8 nitrogen and oxygen atoms in total. The molecule has 1 unspecified atom stereocenters. The summed E-state index contributed by atoms with van der Waals surface area (Å²) in [5.74, 6) is -1.99. The van der Waals surface area contributed by atoms with Gasteiger partial charge in [-0.3, -0.25) is 10.1 Å². The van der Waals surface area contributed by atoms with Gasteiger partial charge in [-0.25, -0.2) is 9.59 Å². The monoisotopic (exact) mass is 281 g/mol. The van der Waals surface area contributed by atoms with Crippen molar-refractivity contribution in [3.8, 4) is 6.07 Å². The summed E-state index contributed by atoms with van der Waals surface area (Å²) in [4.78, 5) is 35.5. The summed E-state index contributed by atoms with van der Waals surface area (Å²) in [6, 6.07) is 1.21. The van der Waals surface area contributed by atoms with Gasteiger partial charge in [0.05, 0.1) is 19.2 Å². The zero-order valence-electron chi connectivity index (χ0n) is 11.2. The third-order valence-electron chi connectivity index (χ3n) is 2.94. The highest BCUT2D eigenvalue weighted by Crippen LogP contribution is 2.06. The molecule has 3 amide bonds. The van der Waals surface area contributed by atoms with Crippen LogP contribution in [0, 0.1) is 11.3 Å². The molecule has 20 heavy (non-hydrogen) atoms. The van der Waals surface area contributed by atoms with E-state index in [2.05, 4.69) is 5.32 Å². The fourth-order valence-corrected chi connectivity index (χ4v) is 1.51. The van der Waals surface area contributed by atoms with Gasteiger partial charge in [-0.15, -0.1) is 0 Å². The highest BCUT2D eigenvalue weighted by molar-refractivity contribution is 6.07. The van der Waals surface area contributed by atoms with Crippen LogP contribution in [0.2, 0.25) is 0 Å². The van der Waals surface area contributed by atoms with E-state index >= 15 is 0 Å². The molecule has 0 spiro atoms. The topological polar surface area (TPSA) is 120 Å². The van der Waals surface area contributed by atoms with Gasteiger partial charge in [-0.05, 0) is 13.8 Å². The summed E-state index contributed by atoms with van der Waals surface area (Å²) in [6.45, 7) is 3.14. The molecule has 8 heteroatoms. The molecule has 108 valence electrons.